The Labute approximate surface area is 140 Å². The predicted octanol–water partition coefficient (Wildman–Crippen LogP) is 1.85. The Morgan fingerprint density at radius 2 is 2.12 bits per heavy atom. The maximum atomic E-state index is 12.5. The minimum absolute atomic E-state index is 0.224. The largest absolute Gasteiger partial charge is 0.325 e. The zero-order valence-electron chi connectivity index (χ0n) is 13.9. The molecule has 2 N–H and O–H groups in total. The standard InChI is InChI=1S/C17H20N4O3/c1-11(2)8-17(3)15(23)21(16(24)20-17)10-14(22)19-13-6-4-5-12(7-13)9-18/h4-7,11H,8,10H2,1-3H3,(H,19,22)(H,20,24). The lowest BCUT2D eigenvalue weighted by molar-refractivity contribution is -0.133. The van der Waals surface area contributed by atoms with Gasteiger partial charge >= 0.3 is 6.03 Å². The first-order valence-corrected chi connectivity index (χ1v) is 7.69. The number of nitrogens with zero attached hydrogens (tertiary/aromatic N) is 2. The van der Waals surface area contributed by atoms with E-state index in [1.54, 1.807) is 25.1 Å². The van der Waals surface area contributed by atoms with Crippen molar-refractivity contribution in [2.75, 3.05) is 11.9 Å². The first kappa shape index (κ1) is 17.5. The van der Waals surface area contributed by atoms with Crippen molar-refractivity contribution in [2.45, 2.75) is 32.7 Å². The van der Waals surface area contributed by atoms with E-state index in [2.05, 4.69) is 10.6 Å². The third-order valence-electron chi connectivity index (χ3n) is 3.74. The van der Waals surface area contributed by atoms with Gasteiger partial charge in [0.2, 0.25) is 5.91 Å². The van der Waals surface area contributed by atoms with Crippen LogP contribution in [0.1, 0.15) is 32.8 Å². The van der Waals surface area contributed by atoms with Crippen molar-refractivity contribution >= 4 is 23.5 Å². The molecule has 1 saturated heterocycles. The molecule has 1 fully saturated rings. The van der Waals surface area contributed by atoms with E-state index < -0.39 is 23.4 Å². The second kappa shape index (κ2) is 6.71. The van der Waals surface area contributed by atoms with E-state index in [9.17, 15) is 14.4 Å². The molecular formula is C17H20N4O3. The van der Waals surface area contributed by atoms with Crippen molar-refractivity contribution < 1.29 is 14.4 Å². The SMILES string of the molecule is CC(C)CC1(C)NC(=O)N(CC(=O)Nc2cccc(C#N)c2)C1=O. The summed E-state index contributed by atoms with van der Waals surface area (Å²) in [5, 5.41) is 14.1. The molecular weight excluding hydrogens is 308 g/mol. The molecule has 2 rings (SSSR count). The first-order chi connectivity index (χ1) is 11.2. The summed E-state index contributed by atoms with van der Waals surface area (Å²) in [5.74, 6) is -0.675. The number of hydrogen-bond donors (Lipinski definition) is 2. The summed E-state index contributed by atoms with van der Waals surface area (Å²) < 4.78 is 0. The molecule has 126 valence electrons. The highest BCUT2D eigenvalue weighted by molar-refractivity contribution is 6.09. The van der Waals surface area contributed by atoms with E-state index in [0.717, 1.165) is 4.90 Å². The van der Waals surface area contributed by atoms with Crippen LogP contribution >= 0.6 is 0 Å². The summed E-state index contributed by atoms with van der Waals surface area (Å²) in [6, 6.07) is 7.82. The molecule has 0 aromatic heterocycles. The highest BCUT2D eigenvalue weighted by Crippen LogP contribution is 2.24. The van der Waals surface area contributed by atoms with Gasteiger partial charge in [-0.3, -0.25) is 14.5 Å². The summed E-state index contributed by atoms with van der Waals surface area (Å²) in [7, 11) is 0. The Morgan fingerprint density at radius 3 is 2.75 bits per heavy atom. The number of rotatable bonds is 5. The predicted molar refractivity (Wildman–Crippen MR) is 87.9 cm³/mol. The first-order valence-electron chi connectivity index (χ1n) is 7.69. The number of carbonyl (C=O) groups is 3. The van der Waals surface area contributed by atoms with Gasteiger partial charge in [0.15, 0.2) is 0 Å². The second-order valence-electron chi connectivity index (χ2n) is 6.49. The van der Waals surface area contributed by atoms with Crippen LogP contribution in [0, 0.1) is 17.2 Å². The highest BCUT2D eigenvalue weighted by atomic mass is 16.2. The number of nitrogens with one attached hydrogen (secondary N) is 2. The molecule has 1 aliphatic heterocycles. The lowest BCUT2D eigenvalue weighted by atomic mass is 9.91. The fourth-order valence-corrected chi connectivity index (χ4v) is 2.86. The van der Waals surface area contributed by atoms with Crippen LogP contribution < -0.4 is 10.6 Å². The molecule has 0 bridgehead atoms. The molecule has 7 heteroatoms. The van der Waals surface area contributed by atoms with Gasteiger partial charge in [-0.1, -0.05) is 19.9 Å². The number of imide groups is 1. The third-order valence-corrected chi connectivity index (χ3v) is 3.74. The maximum Gasteiger partial charge on any atom is 0.325 e. The van der Waals surface area contributed by atoms with E-state index in [0.29, 0.717) is 17.7 Å². The van der Waals surface area contributed by atoms with Crippen LogP contribution in [-0.2, 0) is 9.59 Å². The normalized spacial score (nSPS) is 20.0. The van der Waals surface area contributed by atoms with Gasteiger partial charge in [-0.2, -0.15) is 5.26 Å². The van der Waals surface area contributed by atoms with Crippen LogP contribution in [0.2, 0.25) is 0 Å². The number of hydrogen-bond acceptors (Lipinski definition) is 4. The second-order valence-corrected chi connectivity index (χ2v) is 6.49. The van der Waals surface area contributed by atoms with E-state index in [-0.39, 0.29) is 12.5 Å². The summed E-state index contributed by atoms with van der Waals surface area (Å²) in [5.41, 5.74) is -0.130. The molecule has 4 amide bonds. The molecule has 0 aliphatic carbocycles. The molecule has 0 radical (unpaired) electrons. The van der Waals surface area contributed by atoms with Crippen LogP contribution in [0.3, 0.4) is 0 Å². The van der Waals surface area contributed by atoms with E-state index in [1.165, 1.54) is 6.07 Å². The Hall–Kier alpha value is -2.88. The molecule has 1 aromatic carbocycles. The lowest BCUT2D eigenvalue weighted by Crippen LogP contribution is -2.45. The third kappa shape index (κ3) is 3.71. The monoisotopic (exact) mass is 328 g/mol. The molecule has 1 unspecified atom stereocenters. The quantitative estimate of drug-likeness (QED) is 0.805. The summed E-state index contributed by atoms with van der Waals surface area (Å²) in [6.07, 6.45) is 0.500. The average Bonchev–Trinajstić information content (AvgIpc) is 2.70. The number of benzene rings is 1. The number of carbonyl (C=O) groups excluding carboxylic acids is 3. The van der Waals surface area contributed by atoms with Crippen LogP contribution in [-0.4, -0.2) is 34.8 Å². The number of urea groups is 1. The van der Waals surface area contributed by atoms with Crippen LogP contribution in [0.5, 0.6) is 0 Å². The molecule has 1 aliphatic rings. The lowest BCUT2D eigenvalue weighted by Gasteiger charge is -2.23. The van der Waals surface area contributed by atoms with Crippen LogP contribution in [0.4, 0.5) is 10.5 Å². The van der Waals surface area contributed by atoms with Gasteiger partial charge in [0.25, 0.3) is 5.91 Å². The van der Waals surface area contributed by atoms with Crippen molar-refractivity contribution in [3.63, 3.8) is 0 Å². The van der Waals surface area contributed by atoms with E-state index in [1.807, 2.05) is 19.9 Å². The zero-order chi connectivity index (χ0) is 17.9. The molecule has 7 nitrogen and oxygen atoms in total. The van der Waals surface area contributed by atoms with Gasteiger partial charge in [0.1, 0.15) is 12.1 Å². The minimum atomic E-state index is -0.980. The van der Waals surface area contributed by atoms with E-state index >= 15 is 0 Å². The molecule has 0 saturated carbocycles. The van der Waals surface area contributed by atoms with Gasteiger partial charge in [-0.25, -0.2) is 4.79 Å². The fourth-order valence-electron chi connectivity index (χ4n) is 2.86. The Balaban J connectivity index is 2.05. The smallest absolute Gasteiger partial charge is 0.324 e. The van der Waals surface area contributed by atoms with Gasteiger partial charge in [0.05, 0.1) is 11.6 Å². The van der Waals surface area contributed by atoms with Gasteiger partial charge in [-0.05, 0) is 37.5 Å². The van der Waals surface area contributed by atoms with Gasteiger partial charge in [-0.15, -0.1) is 0 Å². The number of nitriles is 1. The average molecular weight is 328 g/mol. The van der Waals surface area contributed by atoms with Crippen molar-refractivity contribution in [1.82, 2.24) is 10.2 Å². The molecule has 1 atom stereocenters. The molecule has 24 heavy (non-hydrogen) atoms. The van der Waals surface area contributed by atoms with Crippen molar-refractivity contribution in [1.29, 1.82) is 5.26 Å². The number of amides is 4. The number of anilines is 1. The van der Waals surface area contributed by atoms with E-state index in [4.69, 9.17) is 5.26 Å². The summed E-state index contributed by atoms with van der Waals surface area (Å²) in [6.45, 7) is 5.22. The Bertz CT molecular complexity index is 723. The fraction of sp³-hybridized carbons (Fsp3) is 0.412. The topological polar surface area (TPSA) is 102 Å². The molecule has 0 spiro atoms. The van der Waals surface area contributed by atoms with Crippen LogP contribution in [0.25, 0.3) is 0 Å². The Morgan fingerprint density at radius 1 is 1.42 bits per heavy atom. The summed E-state index contributed by atoms with van der Waals surface area (Å²) >= 11 is 0. The van der Waals surface area contributed by atoms with Gasteiger partial charge < -0.3 is 10.6 Å². The molecule has 1 heterocycles. The minimum Gasteiger partial charge on any atom is -0.324 e. The highest BCUT2D eigenvalue weighted by Gasteiger charge is 2.48. The van der Waals surface area contributed by atoms with Crippen molar-refractivity contribution in [3.05, 3.63) is 29.8 Å². The Kier molecular flexibility index (Phi) is 4.88. The maximum absolute atomic E-state index is 12.5. The molecule has 1 aromatic rings. The van der Waals surface area contributed by atoms with Crippen molar-refractivity contribution in [3.8, 4) is 6.07 Å². The summed E-state index contributed by atoms with van der Waals surface area (Å²) in [4.78, 5) is 37.6. The zero-order valence-corrected chi connectivity index (χ0v) is 13.9. The van der Waals surface area contributed by atoms with Crippen molar-refractivity contribution in [2.24, 2.45) is 5.92 Å². The van der Waals surface area contributed by atoms with Crippen LogP contribution in [0.15, 0.2) is 24.3 Å². The van der Waals surface area contributed by atoms with Gasteiger partial charge in [0, 0.05) is 5.69 Å².